The molecule has 1 aromatic carbocycles. The lowest BCUT2D eigenvalue weighted by atomic mass is 9.78. The van der Waals surface area contributed by atoms with Gasteiger partial charge in [0.25, 0.3) is 0 Å². The number of carbonyl (C=O) groups excluding carboxylic acids is 2. The second-order valence-corrected chi connectivity index (χ2v) is 13.5. The number of nitrogens with one attached hydrogen (secondary N) is 1. The van der Waals surface area contributed by atoms with E-state index in [1.54, 1.807) is 26.6 Å². The number of hydrogen-bond donors (Lipinski definition) is 2. The van der Waals surface area contributed by atoms with E-state index in [4.69, 9.17) is 18.9 Å². The summed E-state index contributed by atoms with van der Waals surface area (Å²) < 4.78 is 22.8. The van der Waals surface area contributed by atoms with Gasteiger partial charge in [0.15, 0.2) is 11.0 Å². The molecule has 1 aliphatic heterocycles. The van der Waals surface area contributed by atoms with Crippen LogP contribution >= 0.6 is 11.3 Å². The van der Waals surface area contributed by atoms with Crippen molar-refractivity contribution in [1.29, 1.82) is 0 Å². The van der Waals surface area contributed by atoms with E-state index in [9.17, 15) is 14.7 Å². The largest absolute Gasteiger partial charge is 0.495 e. The van der Waals surface area contributed by atoms with Gasteiger partial charge in [0.1, 0.15) is 19.0 Å². The van der Waals surface area contributed by atoms with Gasteiger partial charge in [-0.05, 0) is 51.2 Å². The van der Waals surface area contributed by atoms with Gasteiger partial charge in [0, 0.05) is 68.3 Å². The summed E-state index contributed by atoms with van der Waals surface area (Å²) in [6.07, 6.45) is 7.06. The van der Waals surface area contributed by atoms with Crippen molar-refractivity contribution in [1.82, 2.24) is 24.8 Å². The zero-order valence-corrected chi connectivity index (χ0v) is 28.0. The van der Waals surface area contributed by atoms with Gasteiger partial charge in [-0.15, -0.1) is 0 Å². The summed E-state index contributed by atoms with van der Waals surface area (Å²) in [6.45, 7) is 5.45. The molecule has 2 N–H and O–H groups in total. The van der Waals surface area contributed by atoms with Crippen molar-refractivity contribution in [3.63, 3.8) is 0 Å². The number of amides is 2. The van der Waals surface area contributed by atoms with Gasteiger partial charge in [-0.3, -0.25) is 14.5 Å². The Balaban J connectivity index is 1.01. The summed E-state index contributed by atoms with van der Waals surface area (Å²) in [5.74, 6) is 1.11. The predicted octanol–water partition coefficient (Wildman–Crippen LogP) is 3.10. The number of methoxy groups -OCH3 is 2. The Hall–Kier alpha value is -3.27. The van der Waals surface area contributed by atoms with E-state index in [0.29, 0.717) is 49.1 Å². The molecule has 3 atom stereocenters. The van der Waals surface area contributed by atoms with Crippen LogP contribution in [0.1, 0.15) is 44.9 Å². The third-order valence-electron chi connectivity index (χ3n) is 9.45. The van der Waals surface area contributed by atoms with Crippen LogP contribution in [0.15, 0.2) is 24.5 Å². The van der Waals surface area contributed by atoms with Gasteiger partial charge < -0.3 is 34.3 Å². The van der Waals surface area contributed by atoms with Crippen molar-refractivity contribution in [3.8, 4) is 16.9 Å². The van der Waals surface area contributed by atoms with Crippen LogP contribution in [0.25, 0.3) is 21.3 Å². The molecule has 14 heteroatoms. The molecule has 0 unspecified atom stereocenters. The van der Waals surface area contributed by atoms with E-state index in [2.05, 4.69) is 32.1 Å². The molecule has 2 amide bonds. The predicted molar refractivity (Wildman–Crippen MR) is 176 cm³/mol. The number of benzene rings is 1. The molecule has 254 valence electrons. The van der Waals surface area contributed by atoms with E-state index in [1.807, 2.05) is 17.0 Å². The van der Waals surface area contributed by atoms with Crippen LogP contribution in [0.4, 0.5) is 5.13 Å². The lowest BCUT2D eigenvalue weighted by molar-refractivity contribution is -0.141. The average molecular weight is 669 g/mol. The maximum atomic E-state index is 13.2. The summed E-state index contributed by atoms with van der Waals surface area (Å²) in [5.41, 5.74) is 2.36. The molecule has 3 fully saturated rings. The number of rotatable bonds is 13. The maximum absolute atomic E-state index is 13.2. The highest BCUT2D eigenvalue weighted by Crippen LogP contribution is 2.41. The third kappa shape index (κ3) is 7.74. The number of ether oxygens (including phenoxy) is 4. The van der Waals surface area contributed by atoms with E-state index >= 15 is 0 Å². The van der Waals surface area contributed by atoms with Crippen LogP contribution in [-0.2, 0) is 30.4 Å². The fraction of sp³-hybridized carbons (Fsp3) is 0.606. The smallest absolute Gasteiger partial charge is 0.248 e. The molecule has 2 aliphatic carbocycles. The van der Waals surface area contributed by atoms with Crippen molar-refractivity contribution in [2.45, 2.75) is 69.9 Å². The zero-order chi connectivity index (χ0) is 32.9. The first-order valence-electron chi connectivity index (χ1n) is 16.3. The van der Waals surface area contributed by atoms with Crippen molar-refractivity contribution >= 4 is 38.5 Å². The Kier molecular flexibility index (Phi) is 10.9. The Morgan fingerprint density at radius 1 is 1.11 bits per heavy atom. The highest BCUT2D eigenvalue weighted by molar-refractivity contribution is 7.22. The van der Waals surface area contributed by atoms with Crippen LogP contribution in [0.5, 0.6) is 5.75 Å². The Morgan fingerprint density at radius 2 is 1.91 bits per heavy atom. The summed E-state index contributed by atoms with van der Waals surface area (Å²) in [7, 11) is 3.23. The molecule has 0 bridgehead atoms. The molecule has 3 aromatic rings. The fourth-order valence-electron chi connectivity index (χ4n) is 6.72. The second kappa shape index (κ2) is 15.3. The van der Waals surface area contributed by atoms with Gasteiger partial charge in [0.2, 0.25) is 11.8 Å². The third-order valence-corrected chi connectivity index (χ3v) is 10.4. The number of aliphatic hydroxyl groups excluding tert-OH is 1. The van der Waals surface area contributed by atoms with E-state index in [1.165, 1.54) is 11.3 Å². The minimum absolute atomic E-state index is 0.00590. The number of carbonyl (C=O) groups is 2. The van der Waals surface area contributed by atoms with Crippen LogP contribution in [0, 0.1) is 5.92 Å². The van der Waals surface area contributed by atoms with E-state index < -0.39 is 6.10 Å². The molecular formula is C33H44N6O7S. The first-order valence-corrected chi connectivity index (χ1v) is 17.2. The summed E-state index contributed by atoms with van der Waals surface area (Å²) in [6, 6.07) is 4.38. The highest BCUT2D eigenvalue weighted by Gasteiger charge is 2.41. The van der Waals surface area contributed by atoms with Crippen molar-refractivity contribution < 1.29 is 33.6 Å². The molecular weight excluding hydrogens is 624 g/mol. The Labute approximate surface area is 278 Å². The number of aliphatic hydroxyl groups is 1. The molecule has 2 saturated carbocycles. The van der Waals surface area contributed by atoms with Gasteiger partial charge in [-0.1, -0.05) is 11.3 Å². The number of hydrogen-bond acceptors (Lipinski definition) is 12. The lowest BCUT2D eigenvalue weighted by Crippen LogP contribution is -2.60. The number of piperazine rings is 1. The standard InChI is InChI=1S/C33H44N6O7S/c1-20-17-38(29(41)19-45-12-11-43-2)9-10-39(20)23-13-21(14-23)32(42)37-33-36-25-8-7-24(30(44-3)31(25)47-33)22-15-34-28(35-16-22)18-46-27-6-4-5-26(27)40/h7-8,15-16,20-21,23,26-27,40H,4-6,9-14,17-19H2,1-3H3,(H,36,37,42)/t20-,21-,23+,26-,27-/m0/s1. The molecule has 13 nitrogen and oxygen atoms in total. The van der Waals surface area contributed by atoms with Gasteiger partial charge in [-0.2, -0.15) is 0 Å². The quantitative estimate of drug-likeness (QED) is 0.259. The number of nitrogens with zero attached hydrogens (tertiary/aromatic N) is 5. The molecule has 47 heavy (non-hydrogen) atoms. The Bertz CT molecular complexity index is 1530. The van der Waals surface area contributed by atoms with Crippen LogP contribution in [-0.4, -0.2) is 120 Å². The SMILES string of the molecule is COCCOCC(=O)N1CCN([C@H]2C[C@@H](C(=O)Nc3nc4ccc(-c5cnc(CO[C@H]6CCC[C@@H]6O)nc5)c(OC)c4s3)C2)[C@@H](C)C1. The molecule has 0 spiro atoms. The summed E-state index contributed by atoms with van der Waals surface area (Å²) in [5, 5.41) is 13.6. The Morgan fingerprint density at radius 3 is 2.62 bits per heavy atom. The van der Waals surface area contributed by atoms with E-state index in [-0.39, 0.29) is 43.1 Å². The van der Waals surface area contributed by atoms with Crippen LogP contribution in [0.2, 0.25) is 0 Å². The molecule has 6 rings (SSSR count). The normalized spacial score (nSPS) is 24.8. The number of aromatic nitrogens is 3. The second-order valence-electron chi connectivity index (χ2n) is 12.5. The number of thiazole rings is 1. The fourth-order valence-corrected chi connectivity index (χ4v) is 7.71. The number of anilines is 1. The van der Waals surface area contributed by atoms with Crippen molar-refractivity contribution in [3.05, 3.63) is 30.4 Å². The number of fused-ring (bicyclic) bond motifs is 1. The molecule has 3 heterocycles. The van der Waals surface area contributed by atoms with Gasteiger partial charge in [0.05, 0.1) is 42.7 Å². The minimum atomic E-state index is -0.419. The molecule has 0 radical (unpaired) electrons. The first-order chi connectivity index (χ1) is 22.8. The maximum Gasteiger partial charge on any atom is 0.248 e. The lowest BCUT2D eigenvalue weighted by Gasteiger charge is -2.49. The first kappa shape index (κ1) is 33.6. The van der Waals surface area contributed by atoms with Gasteiger partial charge in [-0.25, -0.2) is 15.0 Å². The van der Waals surface area contributed by atoms with Crippen LogP contribution in [0.3, 0.4) is 0 Å². The molecule has 1 saturated heterocycles. The topological polar surface area (TPSA) is 148 Å². The van der Waals surface area contributed by atoms with Crippen LogP contribution < -0.4 is 10.1 Å². The van der Waals surface area contributed by atoms with Gasteiger partial charge >= 0.3 is 0 Å². The average Bonchev–Trinajstić information content (AvgIpc) is 3.66. The molecule has 3 aliphatic rings. The monoisotopic (exact) mass is 668 g/mol. The highest BCUT2D eigenvalue weighted by atomic mass is 32.1. The van der Waals surface area contributed by atoms with Crippen molar-refractivity contribution in [2.75, 3.05) is 59.0 Å². The minimum Gasteiger partial charge on any atom is -0.495 e. The summed E-state index contributed by atoms with van der Waals surface area (Å²) >= 11 is 1.39. The van der Waals surface area contributed by atoms with E-state index in [0.717, 1.165) is 60.0 Å². The summed E-state index contributed by atoms with van der Waals surface area (Å²) in [4.78, 5) is 43.6. The van der Waals surface area contributed by atoms with Crippen molar-refractivity contribution in [2.24, 2.45) is 5.92 Å². The zero-order valence-electron chi connectivity index (χ0n) is 27.2. The molecule has 2 aromatic heterocycles.